The number of carbonyl (C=O) groups excluding carboxylic acids is 2. The topological polar surface area (TPSA) is 73.5 Å². The molecule has 2 saturated heterocycles. The second-order valence-corrected chi connectivity index (χ2v) is 7.89. The molecule has 156 valence electrons. The highest BCUT2D eigenvalue weighted by molar-refractivity contribution is 5.89. The van der Waals surface area contributed by atoms with Crippen molar-refractivity contribution in [2.24, 2.45) is 11.8 Å². The highest BCUT2D eigenvalue weighted by Crippen LogP contribution is 2.24. The molecule has 0 aliphatic carbocycles. The number of urea groups is 1. The Bertz CT molecular complexity index is 614. The van der Waals surface area contributed by atoms with Gasteiger partial charge in [0.25, 0.3) is 0 Å². The van der Waals surface area contributed by atoms with E-state index in [-0.39, 0.29) is 30.4 Å². The van der Waals surface area contributed by atoms with Gasteiger partial charge in [-0.2, -0.15) is 0 Å². The van der Waals surface area contributed by atoms with Gasteiger partial charge in [-0.25, -0.2) is 4.79 Å². The summed E-state index contributed by atoms with van der Waals surface area (Å²) in [7, 11) is 0. The lowest BCUT2D eigenvalue weighted by Crippen LogP contribution is -2.48. The zero-order valence-electron chi connectivity index (χ0n) is 16.7. The van der Waals surface area contributed by atoms with Crippen molar-refractivity contribution in [2.45, 2.75) is 45.1 Å². The molecule has 1 aromatic carbocycles. The predicted octanol–water partition coefficient (Wildman–Crippen LogP) is 3.25. The van der Waals surface area contributed by atoms with Gasteiger partial charge >= 0.3 is 6.03 Å². The van der Waals surface area contributed by atoms with E-state index in [0.717, 1.165) is 31.6 Å². The first kappa shape index (κ1) is 22.5. The third kappa shape index (κ3) is 6.67. The summed E-state index contributed by atoms with van der Waals surface area (Å²) in [4.78, 5) is 26.6. The van der Waals surface area contributed by atoms with E-state index in [4.69, 9.17) is 0 Å². The van der Waals surface area contributed by atoms with Gasteiger partial charge in [0, 0.05) is 31.2 Å². The van der Waals surface area contributed by atoms with Gasteiger partial charge in [0.05, 0.1) is 0 Å². The van der Waals surface area contributed by atoms with Crippen molar-refractivity contribution in [3.63, 3.8) is 0 Å². The second-order valence-electron chi connectivity index (χ2n) is 7.89. The minimum Gasteiger partial charge on any atom is -0.353 e. The van der Waals surface area contributed by atoms with Crippen molar-refractivity contribution < 1.29 is 9.59 Å². The van der Waals surface area contributed by atoms with Crippen molar-refractivity contribution in [1.82, 2.24) is 15.5 Å². The molecule has 2 aliphatic heterocycles. The van der Waals surface area contributed by atoms with Crippen LogP contribution in [0.3, 0.4) is 0 Å². The minimum atomic E-state index is -0.0643. The molecule has 3 amide bonds. The highest BCUT2D eigenvalue weighted by atomic mass is 35.5. The van der Waals surface area contributed by atoms with Crippen molar-refractivity contribution in [1.29, 1.82) is 0 Å². The fraction of sp³-hybridized carbons (Fsp3) is 0.619. The van der Waals surface area contributed by atoms with Crippen LogP contribution in [0.1, 0.15) is 39.0 Å². The van der Waals surface area contributed by atoms with E-state index in [2.05, 4.69) is 22.9 Å². The molecule has 2 fully saturated rings. The molecular formula is C21H33ClN4O2. The standard InChI is InChI=1S/C21H32N4O2.ClH/c1-16(17-7-11-22-12-8-17)15-20(26)23-19-9-13-25(14-10-19)21(27)24-18-5-3-2-4-6-18;/h2-6,16-17,19,22H,7-15H2,1H3,(H,23,26)(H,24,27);1H. The van der Waals surface area contributed by atoms with Gasteiger partial charge in [-0.15, -0.1) is 12.4 Å². The van der Waals surface area contributed by atoms with Crippen LogP contribution in [0.2, 0.25) is 0 Å². The summed E-state index contributed by atoms with van der Waals surface area (Å²) in [6.45, 7) is 5.69. The van der Waals surface area contributed by atoms with E-state index in [1.807, 2.05) is 35.2 Å². The van der Waals surface area contributed by atoms with Crippen LogP contribution in [0.15, 0.2) is 30.3 Å². The number of hydrogen-bond donors (Lipinski definition) is 3. The number of hydrogen-bond acceptors (Lipinski definition) is 3. The number of rotatable bonds is 5. The average Bonchev–Trinajstić information content (AvgIpc) is 2.70. The van der Waals surface area contributed by atoms with Crippen LogP contribution in [0.4, 0.5) is 10.5 Å². The number of piperidine rings is 2. The van der Waals surface area contributed by atoms with E-state index in [0.29, 0.717) is 31.3 Å². The highest BCUT2D eigenvalue weighted by Gasteiger charge is 2.26. The van der Waals surface area contributed by atoms with Crippen LogP contribution < -0.4 is 16.0 Å². The van der Waals surface area contributed by atoms with E-state index in [1.54, 1.807) is 0 Å². The zero-order chi connectivity index (χ0) is 19.1. The molecule has 6 nitrogen and oxygen atoms in total. The number of para-hydroxylation sites is 1. The monoisotopic (exact) mass is 408 g/mol. The van der Waals surface area contributed by atoms with Gasteiger partial charge in [0.15, 0.2) is 0 Å². The second kappa shape index (κ2) is 11.3. The number of anilines is 1. The van der Waals surface area contributed by atoms with Gasteiger partial charge < -0.3 is 20.9 Å². The lowest BCUT2D eigenvalue weighted by Gasteiger charge is -2.33. The maximum absolute atomic E-state index is 12.4. The first-order valence-electron chi connectivity index (χ1n) is 10.2. The lowest BCUT2D eigenvalue weighted by molar-refractivity contribution is -0.123. The SMILES string of the molecule is CC(CC(=O)NC1CCN(C(=O)Nc2ccccc2)CC1)C1CCNCC1.Cl. The van der Waals surface area contributed by atoms with Crippen molar-refractivity contribution >= 4 is 30.0 Å². The maximum atomic E-state index is 12.4. The molecule has 1 atom stereocenters. The predicted molar refractivity (Wildman–Crippen MR) is 115 cm³/mol. The molecule has 1 unspecified atom stereocenters. The molecule has 1 aromatic rings. The van der Waals surface area contributed by atoms with Crippen LogP contribution in [-0.2, 0) is 4.79 Å². The van der Waals surface area contributed by atoms with Crippen molar-refractivity contribution in [3.05, 3.63) is 30.3 Å². The van der Waals surface area contributed by atoms with Crippen LogP contribution in [-0.4, -0.2) is 49.1 Å². The molecule has 0 radical (unpaired) electrons. The normalized spacial score (nSPS) is 19.4. The van der Waals surface area contributed by atoms with E-state index in [9.17, 15) is 9.59 Å². The smallest absolute Gasteiger partial charge is 0.321 e. The molecule has 0 spiro atoms. The van der Waals surface area contributed by atoms with Gasteiger partial charge in [0.2, 0.25) is 5.91 Å². The fourth-order valence-corrected chi connectivity index (χ4v) is 4.11. The molecule has 2 aliphatic rings. The Morgan fingerprint density at radius 2 is 1.75 bits per heavy atom. The van der Waals surface area contributed by atoms with Gasteiger partial charge in [-0.3, -0.25) is 4.79 Å². The summed E-state index contributed by atoms with van der Waals surface area (Å²) in [5, 5.41) is 9.49. The van der Waals surface area contributed by atoms with Gasteiger partial charge in [0.1, 0.15) is 0 Å². The van der Waals surface area contributed by atoms with Crippen LogP contribution in [0.5, 0.6) is 0 Å². The molecule has 3 N–H and O–H groups in total. The Morgan fingerprint density at radius 3 is 2.39 bits per heavy atom. The Kier molecular flexibility index (Phi) is 9.06. The molecule has 28 heavy (non-hydrogen) atoms. The summed E-state index contributed by atoms with van der Waals surface area (Å²) in [5.74, 6) is 1.25. The maximum Gasteiger partial charge on any atom is 0.321 e. The van der Waals surface area contributed by atoms with Crippen molar-refractivity contribution in [3.8, 4) is 0 Å². The van der Waals surface area contributed by atoms with E-state index < -0.39 is 0 Å². The van der Waals surface area contributed by atoms with Gasteiger partial charge in [-0.05, 0) is 62.7 Å². The fourth-order valence-electron chi connectivity index (χ4n) is 4.11. The Balaban J connectivity index is 0.00000280. The van der Waals surface area contributed by atoms with Crippen LogP contribution in [0, 0.1) is 11.8 Å². The van der Waals surface area contributed by atoms with Crippen LogP contribution >= 0.6 is 12.4 Å². The first-order valence-corrected chi connectivity index (χ1v) is 10.2. The quantitative estimate of drug-likeness (QED) is 0.700. The molecule has 0 aromatic heterocycles. The van der Waals surface area contributed by atoms with Crippen molar-refractivity contribution in [2.75, 3.05) is 31.5 Å². The number of nitrogens with one attached hydrogen (secondary N) is 3. The molecule has 7 heteroatoms. The number of amides is 3. The number of nitrogens with zero attached hydrogens (tertiary/aromatic N) is 1. The summed E-state index contributed by atoms with van der Waals surface area (Å²) in [5.41, 5.74) is 0.810. The molecule has 0 bridgehead atoms. The minimum absolute atomic E-state index is 0. The summed E-state index contributed by atoms with van der Waals surface area (Å²) < 4.78 is 0. The number of halogens is 1. The van der Waals surface area contributed by atoms with E-state index in [1.165, 1.54) is 12.8 Å². The molecule has 2 heterocycles. The first-order chi connectivity index (χ1) is 13.1. The largest absolute Gasteiger partial charge is 0.353 e. The lowest BCUT2D eigenvalue weighted by atomic mass is 9.84. The summed E-state index contributed by atoms with van der Waals surface area (Å²) in [6, 6.07) is 9.62. The number of likely N-dealkylation sites (tertiary alicyclic amines) is 1. The van der Waals surface area contributed by atoms with Crippen LogP contribution in [0.25, 0.3) is 0 Å². The Morgan fingerprint density at radius 1 is 1.11 bits per heavy atom. The number of benzene rings is 1. The zero-order valence-corrected chi connectivity index (χ0v) is 17.5. The third-order valence-electron chi connectivity index (χ3n) is 5.87. The van der Waals surface area contributed by atoms with E-state index >= 15 is 0 Å². The Labute approximate surface area is 174 Å². The average molecular weight is 409 g/mol. The summed E-state index contributed by atoms with van der Waals surface area (Å²) in [6.07, 6.45) is 4.58. The number of carbonyl (C=O) groups is 2. The molecule has 3 rings (SSSR count). The summed E-state index contributed by atoms with van der Waals surface area (Å²) >= 11 is 0. The molecular weight excluding hydrogens is 376 g/mol. The molecule has 0 saturated carbocycles. The Hall–Kier alpha value is -1.79. The van der Waals surface area contributed by atoms with Gasteiger partial charge in [-0.1, -0.05) is 25.1 Å². The third-order valence-corrected chi connectivity index (χ3v) is 5.87.